The number of urea groups is 1. The molecule has 0 bridgehead atoms. The fraction of sp³-hybridized carbons (Fsp3) is 0.692. The summed E-state index contributed by atoms with van der Waals surface area (Å²) in [6.45, 7) is 4.06. The van der Waals surface area contributed by atoms with Gasteiger partial charge in [0.05, 0.1) is 18.0 Å². The molecule has 1 aromatic heterocycles. The van der Waals surface area contributed by atoms with E-state index < -0.39 is 0 Å². The van der Waals surface area contributed by atoms with Gasteiger partial charge in [-0.1, -0.05) is 0 Å². The first-order valence-corrected chi connectivity index (χ1v) is 6.84. The van der Waals surface area contributed by atoms with Gasteiger partial charge in [-0.25, -0.2) is 4.79 Å². The second-order valence-corrected chi connectivity index (χ2v) is 5.41. The Hall–Kier alpha value is -1.56. The van der Waals surface area contributed by atoms with Crippen molar-refractivity contribution in [2.24, 2.45) is 0 Å². The van der Waals surface area contributed by atoms with Crippen LogP contribution in [-0.4, -0.2) is 33.1 Å². The van der Waals surface area contributed by atoms with Crippen molar-refractivity contribution in [2.75, 3.05) is 5.32 Å². The minimum absolute atomic E-state index is 0.156. The molecule has 2 rings (SSSR count). The van der Waals surface area contributed by atoms with E-state index >= 15 is 0 Å². The lowest BCUT2D eigenvalue weighted by Crippen LogP contribution is -2.40. The molecule has 1 aromatic rings. The summed E-state index contributed by atoms with van der Waals surface area (Å²) in [5.74, 6) is 0. The highest BCUT2D eigenvalue weighted by Crippen LogP contribution is 2.18. The molecule has 6 nitrogen and oxygen atoms in total. The molecule has 1 saturated carbocycles. The molecule has 106 valence electrons. The van der Waals surface area contributed by atoms with Crippen molar-refractivity contribution in [2.45, 2.75) is 57.7 Å². The molecule has 0 radical (unpaired) electrons. The third-order valence-corrected chi connectivity index (χ3v) is 3.42. The monoisotopic (exact) mass is 266 g/mol. The summed E-state index contributed by atoms with van der Waals surface area (Å²) in [7, 11) is 0. The first-order chi connectivity index (χ1) is 9.04. The second-order valence-electron chi connectivity index (χ2n) is 5.41. The highest BCUT2D eigenvalue weighted by Gasteiger charge is 2.20. The first kappa shape index (κ1) is 13.9. The molecule has 1 aliphatic carbocycles. The number of carbonyl (C=O) groups is 1. The lowest BCUT2D eigenvalue weighted by molar-refractivity contribution is 0.118. The molecule has 0 saturated heterocycles. The van der Waals surface area contributed by atoms with Gasteiger partial charge in [0.25, 0.3) is 0 Å². The Bertz CT molecular complexity index is 422. The fourth-order valence-electron chi connectivity index (χ4n) is 2.26. The van der Waals surface area contributed by atoms with Crippen LogP contribution >= 0.6 is 0 Å². The van der Waals surface area contributed by atoms with Crippen molar-refractivity contribution in [3.63, 3.8) is 0 Å². The molecule has 0 atom stereocenters. The fourth-order valence-corrected chi connectivity index (χ4v) is 2.26. The number of anilines is 1. The van der Waals surface area contributed by atoms with Crippen molar-refractivity contribution >= 4 is 11.7 Å². The molecule has 0 aromatic carbocycles. The molecule has 3 N–H and O–H groups in total. The zero-order chi connectivity index (χ0) is 13.8. The van der Waals surface area contributed by atoms with Crippen LogP contribution in [0.15, 0.2) is 12.4 Å². The van der Waals surface area contributed by atoms with E-state index in [9.17, 15) is 9.90 Å². The number of hydrogen-bond donors (Lipinski definition) is 3. The van der Waals surface area contributed by atoms with E-state index in [0.29, 0.717) is 5.69 Å². The zero-order valence-corrected chi connectivity index (χ0v) is 11.5. The van der Waals surface area contributed by atoms with Crippen LogP contribution < -0.4 is 10.6 Å². The third kappa shape index (κ3) is 3.96. The largest absolute Gasteiger partial charge is 0.393 e. The Morgan fingerprint density at radius 2 is 2.11 bits per heavy atom. The van der Waals surface area contributed by atoms with Crippen LogP contribution in [-0.2, 0) is 0 Å². The quantitative estimate of drug-likeness (QED) is 0.781. The van der Waals surface area contributed by atoms with Gasteiger partial charge >= 0.3 is 6.03 Å². The van der Waals surface area contributed by atoms with Gasteiger partial charge in [0.2, 0.25) is 0 Å². The van der Waals surface area contributed by atoms with Gasteiger partial charge < -0.3 is 15.7 Å². The Morgan fingerprint density at radius 3 is 2.68 bits per heavy atom. The summed E-state index contributed by atoms with van der Waals surface area (Å²) in [5.41, 5.74) is 0.696. The normalized spacial score (nSPS) is 23.4. The molecule has 6 heteroatoms. The van der Waals surface area contributed by atoms with Gasteiger partial charge in [-0.05, 0) is 39.5 Å². The van der Waals surface area contributed by atoms with E-state index in [4.69, 9.17) is 0 Å². The molecule has 2 amide bonds. The van der Waals surface area contributed by atoms with Gasteiger partial charge in [-0.2, -0.15) is 5.10 Å². The minimum atomic E-state index is -0.204. The average Bonchev–Trinajstić information content (AvgIpc) is 2.80. The topological polar surface area (TPSA) is 79.2 Å². The van der Waals surface area contributed by atoms with E-state index in [-0.39, 0.29) is 24.2 Å². The summed E-state index contributed by atoms with van der Waals surface area (Å²) in [6.07, 6.45) is 6.44. The van der Waals surface area contributed by atoms with Gasteiger partial charge in [0.15, 0.2) is 0 Å². The number of hydrogen-bond acceptors (Lipinski definition) is 3. The van der Waals surface area contributed by atoms with Crippen LogP contribution in [0, 0.1) is 0 Å². The number of carbonyl (C=O) groups excluding carboxylic acids is 1. The molecule has 0 spiro atoms. The summed E-state index contributed by atoms with van der Waals surface area (Å²) in [5, 5.41) is 19.3. The first-order valence-electron chi connectivity index (χ1n) is 6.84. The average molecular weight is 266 g/mol. The maximum Gasteiger partial charge on any atom is 0.319 e. The summed E-state index contributed by atoms with van der Waals surface area (Å²) < 4.78 is 1.80. The van der Waals surface area contributed by atoms with Crippen molar-refractivity contribution in [1.82, 2.24) is 15.1 Å². The third-order valence-electron chi connectivity index (χ3n) is 3.42. The second kappa shape index (κ2) is 6.06. The molecule has 0 aliphatic heterocycles. The predicted molar refractivity (Wildman–Crippen MR) is 73.0 cm³/mol. The summed E-state index contributed by atoms with van der Waals surface area (Å²) >= 11 is 0. The van der Waals surface area contributed by atoms with Crippen LogP contribution in [0.1, 0.15) is 45.6 Å². The van der Waals surface area contributed by atoms with Crippen LogP contribution in [0.25, 0.3) is 0 Å². The van der Waals surface area contributed by atoms with Gasteiger partial charge in [0, 0.05) is 18.3 Å². The molecular weight excluding hydrogens is 244 g/mol. The van der Waals surface area contributed by atoms with Crippen LogP contribution in [0.4, 0.5) is 10.5 Å². The zero-order valence-electron chi connectivity index (χ0n) is 11.5. The molecular formula is C13H22N4O2. The Labute approximate surface area is 113 Å². The molecule has 1 fully saturated rings. The molecule has 1 aliphatic rings. The summed E-state index contributed by atoms with van der Waals surface area (Å²) in [4.78, 5) is 11.8. The number of nitrogens with zero attached hydrogens (tertiary/aromatic N) is 2. The van der Waals surface area contributed by atoms with Gasteiger partial charge in [-0.15, -0.1) is 0 Å². The molecule has 1 heterocycles. The molecule has 19 heavy (non-hydrogen) atoms. The van der Waals surface area contributed by atoms with Crippen molar-refractivity contribution < 1.29 is 9.90 Å². The van der Waals surface area contributed by atoms with Crippen LogP contribution in [0.5, 0.6) is 0 Å². The van der Waals surface area contributed by atoms with Crippen molar-refractivity contribution in [3.8, 4) is 0 Å². The smallest absolute Gasteiger partial charge is 0.319 e. The SMILES string of the molecule is CC(C)n1cc(NC(=O)NC2CCC(O)CC2)cn1. The highest BCUT2D eigenvalue weighted by molar-refractivity contribution is 5.89. The number of aromatic nitrogens is 2. The van der Waals surface area contributed by atoms with E-state index in [2.05, 4.69) is 15.7 Å². The lowest BCUT2D eigenvalue weighted by atomic mass is 9.93. The molecule has 0 unspecified atom stereocenters. The Morgan fingerprint density at radius 1 is 1.42 bits per heavy atom. The number of aliphatic hydroxyl groups is 1. The number of nitrogens with one attached hydrogen (secondary N) is 2. The maximum absolute atomic E-state index is 11.8. The van der Waals surface area contributed by atoms with E-state index in [1.165, 1.54) is 0 Å². The summed E-state index contributed by atoms with van der Waals surface area (Å²) in [6, 6.07) is 0.228. The van der Waals surface area contributed by atoms with Crippen LogP contribution in [0.3, 0.4) is 0 Å². The van der Waals surface area contributed by atoms with Crippen molar-refractivity contribution in [3.05, 3.63) is 12.4 Å². The van der Waals surface area contributed by atoms with E-state index in [0.717, 1.165) is 25.7 Å². The number of amides is 2. The van der Waals surface area contributed by atoms with Gasteiger partial charge in [0.1, 0.15) is 0 Å². The number of aliphatic hydroxyl groups excluding tert-OH is 1. The highest BCUT2D eigenvalue weighted by atomic mass is 16.3. The van der Waals surface area contributed by atoms with Crippen molar-refractivity contribution in [1.29, 1.82) is 0 Å². The standard InChI is InChI=1S/C13H22N4O2/c1-9(2)17-8-11(7-14-17)16-13(19)15-10-3-5-12(18)6-4-10/h7-10,12,18H,3-6H2,1-2H3,(H2,15,16,19). The minimum Gasteiger partial charge on any atom is -0.393 e. The Balaban J connectivity index is 1.80. The van der Waals surface area contributed by atoms with Gasteiger partial charge in [-0.3, -0.25) is 4.68 Å². The lowest BCUT2D eigenvalue weighted by Gasteiger charge is -2.26. The maximum atomic E-state index is 11.8. The predicted octanol–water partition coefficient (Wildman–Crippen LogP) is 1.89. The van der Waals surface area contributed by atoms with E-state index in [1.54, 1.807) is 10.9 Å². The van der Waals surface area contributed by atoms with E-state index in [1.807, 2.05) is 20.0 Å². The van der Waals surface area contributed by atoms with Crippen LogP contribution in [0.2, 0.25) is 0 Å². The Kier molecular flexibility index (Phi) is 4.42. The number of rotatable bonds is 3.